The Morgan fingerprint density at radius 2 is 1.94 bits per heavy atom. The first-order valence-corrected chi connectivity index (χ1v) is 13.2. The minimum absolute atomic E-state index is 0.0585. The molecule has 184 valence electrons. The van der Waals surface area contributed by atoms with Crippen molar-refractivity contribution >= 4 is 32.3 Å². The van der Waals surface area contributed by atoms with Gasteiger partial charge in [-0.1, -0.05) is 18.2 Å². The van der Waals surface area contributed by atoms with E-state index in [9.17, 15) is 12.8 Å². The second kappa shape index (κ2) is 10.0. The highest BCUT2D eigenvalue weighted by atomic mass is 32.2. The molecule has 0 aliphatic rings. The lowest BCUT2D eigenvalue weighted by Crippen LogP contribution is -2.29. The molecule has 3 heterocycles. The van der Waals surface area contributed by atoms with Gasteiger partial charge < -0.3 is 10.1 Å². The highest BCUT2D eigenvalue weighted by Crippen LogP contribution is 2.34. The summed E-state index contributed by atoms with van der Waals surface area (Å²) in [6, 6.07) is 14.3. The number of anilines is 1. The van der Waals surface area contributed by atoms with Gasteiger partial charge in [-0.25, -0.2) is 32.5 Å². The number of sulfonamides is 1. The summed E-state index contributed by atoms with van der Waals surface area (Å²) in [5.41, 5.74) is 3.10. The molecule has 2 aromatic carbocycles. The fourth-order valence-corrected chi connectivity index (χ4v) is 5.43. The smallest absolute Gasteiger partial charge is 0.240 e. The third-order valence-corrected chi connectivity index (χ3v) is 7.53. The zero-order valence-electron chi connectivity index (χ0n) is 19.1. The molecule has 9 nitrogen and oxygen atoms in total. The SMILES string of the molecule is COc1cccc(-c2nc3sccn3c2-c2ccnc(NCCNS(=O)(=O)c3cccc(F)c3)n2)c1. The lowest BCUT2D eigenvalue weighted by Gasteiger charge is -2.10. The molecule has 0 atom stereocenters. The van der Waals surface area contributed by atoms with Crippen LogP contribution in [0.25, 0.3) is 27.6 Å². The molecule has 0 radical (unpaired) electrons. The molecule has 36 heavy (non-hydrogen) atoms. The maximum Gasteiger partial charge on any atom is 0.240 e. The van der Waals surface area contributed by atoms with Crippen LogP contribution in [0.5, 0.6) is 5.75 Å². The Balaban J connectivity index is 1.35. The van der Waals surface area contributed by atoms with Crippen LogP contribution in [0.15, 0.2) is 77.3 Å². The molecule has 0 unspecified atom stereocenters. The average molecular weight is 525 g/mol. The highest BCUT2D eigenvalue weighted by molar-refractivity contribution is 7.89. The predicted molar refractivity (Wildman–Crippen MR) is 136 cm³/mol. The Morgan fingerprint density at radius 3 is 2.78 bits per heavy atom. The molecule has 0 aliphatic carbocycles. The Kier molecular flexibility index (Phi) is 6.63. The summed E-state index contributed by atoms with van der Waals surface area (Å²) < 4.78 is 47.9. The summed E-state index contributed by atoms with van der Waals surface area (Å²) >= 11 is 1.52. The summed E-state index contributed by atoms with van der Waals surface area (Å²) in [5, 5.41) is 4.98. The molecule has 2 N–H and O–H groups in total. The van der Waals surface area contributed by atoms with Gasteiger partial charge in [-0.3, -0.25) is 4.40 Å². The van der Waals surface area contributed by atoms with Crippen LogP contribution in [0.3, 0.4) is 0 Å². The van der Waals surface area contributed by atoms with E-state index in [1.807, 2.05) is 40.2 Å². The fraction of sp³-hybridized carbons (Fsp3) is 0.125. The molecular formula is C24H21FN6O3S2. The zero-order chi connectivity index (χ0) is 25.1. The molecule has 12 heteroatoms. The molecule has 5 aromatic rings. The number of benzene rings is 2. The van der Waals surface area contributed by atoms with Crippen molar-refractivity contribution in [1.82, 2.24) is 24.1 Å². The van der Waals surface area contributed by atoms with Gasteiger partial charge in [-0.2, -0.15) is 0 Å². The molecule has 0 saturated heterocycles. The van der Waals surface area contributed by atoms with E-state index in [-0.39, 0.29) is 18.0 Å². The minimum Gasteiger partial charge on any atom is -0.497 e. The molecule has 0 saturated carbocycles. The van der Waals surface area contributed by atoms with Gasteiger partial charge in [-0.15, -0.1) is 11.3 Å². The van der Waals surface area contributed by atoms with E-state index in [4.69, 9.17) is 9.72 Å². The Bertz CT molecular complexity index is 1630. The Hall–Kier alpha value is -3.87. The number of fused-ring (bicyclic) bond motifs is 1. The van der Waals surface area contributed by atoms with Gasteiger partial charge in [0.2, 0.25) is 16.0 Å². The lowest BCUT2D eigenvalue weighted by atomic mass is 10.1. The highest BCUT2D eigenvalue weighted by Gasteiger charge is 2.19. The fourth-order valence-electron chi connectivity index (χ4n) is 3.66. The normalized spacial score (nSPS) is 11.6. The van der Waals surface area contributed by atoms with Crippen molar-refractivity contribution in [3.05, 3.63) is 78.2 Å². The Morgan fingerprint density at radius 1 is 1.08 bits per heavy atom. The van der Waals surface area contributed by atoms with Crippen molar-refractivity contribution in [2.75, 3.05) is 25.5 Å². The van der Waals surface area contributed by atoms with Crippen LogP contribution in [0.2, 0.25) is 0 Å². The van der Waals surface area contributed by atoms with Crippen molar-refractivity contribution in [2.24, 2.45) is 0 Å². The summed E-state index contributed by atoms with van der Waals surface area (Å²) in [5.74, 6) is 0.439. The summed E-state index contributed by atoms with van der Waals surface area (Å²) in [7, 11) is -2.21. The number of hydrogen-bond acceptors (Lipinski definition) is 8. The third-order valence-electron chi connectivity index (χ3n) is 5.31. The minimum atomic E-state index is -3.83. The number of nitrogens with zero attached hydrogens (tertiary/aromatic N) is 4. The van der Waals surface area contributed by atoms with Gasteiger partial charge >= 0.3 is 0 Å². The van der Waals surface area contributed by atoms with E-state index in [1.54, 1.807) is 19.4 Å². The van der Waals surface area contributed by atoms with Gasteiger partial charge in [0.1, 0.15) is 17.3 Å². The van der Waals surface area contributed by atoms with Crippen molar-refractivity contribution in [3.8, 4) is 28.4 Å². The standard InChI is InChI=1S/C24H21FN6O3S2/c1-34-18-6-2-4-16(14-18)21-22(31-12-13-35-24(31)30-21)20-8-9-26-23(29-20)27-10-11-28-36(32,33)19-7-3-5-17(25)15-19/h2-9,12-15,28H,10-11H2,1H3,(H,26,27,29). The van der Waals surface area contributed by atoms with Gasteiger partial charge in [-0.05, 0) is 36.4 Å². The van der Waals surface area contributed by atoms with Crippen LogP contribution >= 0.6 is 11.3 Å². The van der Waals surface area contributed by atoms with E-state index in [0.717, 1.165) is 33.7 Å². The maximum atomic E-state index is 13.4. The number of thiazole rings is 1. The van der Waals surface area contributed by atoms with E-state index < -0.39 is 15.8 Å². The van der Waals surface area contributed by atoms with Crippen molar-refractivity contribution in [3.63, 3.8) is 0 Å². The maximum absolute atomic E-state index is 13.4. The van der Waals surface area contributed by atoms with E-state index in [1.165, 1.54) is 29.5 Å². The largest absolute Gasteiger partial charge is 0.497 e. The summed E-state index contributed by atoms with van der Waals surface area (Å²) in [4.78, 5) is 14.4. The summed E-state index contributed by atoms with van der Waals surface area (Å²) in [6.45, 7) is 0.282. The third kappa shape index (κ3) is 4.91. The molecule has 5 rings (SSSR count). The number of rotatable bonds is 9. The molecule has 0 bridgehead atoms. The number of methoxy groups -OCH3 is 1. The number of imidazole rings is 1. The van der Waals surface area contributed by atoms with Crippen LogP contribution in [-0.2, 0) is 10.0 Å². The van der Waals surface area contributed by atoms with Crippen LogP contribution in [-0.4, -0.2) is 48.0 Å². The van der Waals surface area contributed by atoms with Crippen LogP contribution in [0.1, 0.15) is 0 Å². The van der Waals surface area contributed by atoms with E-state index >= 15 is 0 Å². The van der Waals surface area contributed by atoms with Crippen molar-refractivity contribution in [1.29, 1.82) is 0 Å². The first-order chi connectivity index (χ1) is 17.4. The van der Waals surface area contributed by atoms with Gasteiger partial charge in [0.05, 0.1) is 23.4 Å². The molecule has 0 amide bonds. The summed E-state index contributed by atoms with van der Waals surface area (Å²) in [6.07, 6.45) is 3.56. The van der Waals surface area contributed by atoms with Crippen LogP contribution in [0.4, 0.5) is 10.3 Å². The van der Waals surface area contributed by atoms with Crippen LogP contribution < -0.4 is 14.8 Å². The number of ether oxygens (including phenoxy) is 1. The Labute approximate surface area is 210 Å². The predicted octanol–water partition coefficient (Wildman–Crippen LogP) is 4.06. The lowest BCUT2D eigenvalue weighted by molar-refractivity contribution is 0.415. The van der Waals surface area contributed by atoms with E-state index in [2.05, 4.69) is 20.0 Å². The number of halogens is 1. The topological polar surface area (TPSA) is 111 Å². The number of nitrogens with one attached hydrogen (secondary N) is 2. The molecular weight excluding hydrogens is 503 g/mol. The molecule has 0 fully saturated rings. The van der Waals surface area contributed by atoms with E-state index in [0.29, 0.717) is 11.6 Å². The monoisotopic (exact) mass is 524 g/mol. The quantitative estimate of drug-likeness (QED) is 0.280. The molecule has 0 spiro atoms. The molecule has 3 aromatic heterocycles. The van der Waals surface area contributed by atoms with Crippen molar-refractivity contribution in [2.45, 2.75) is 4.90 Å². The first-order valence-electron chi connectivity index (χ1n) is 10.9. The van der Waals surface area contributed by atoms with Gasteiger partial charge in [0, 0.05) is 36.4 Å². The first kappa shape index (κ1) is 23.9. The van der Waals surface area contributed by atoms with Crippen molar-refractivity contribution < 1.29 is 17.5 Å². The van der Waals surface area contributed by atoms with Gasteiger partial charge in [0.25, 0.3) is 0 Å². The number of aromatic nitrogens is 4. The number of hydrogen-bond donors (Lipinski definition) is 2. The van der Waals surface area contributed by atoms with Crippen LogP contribution in [0, 0.1) is 5.82 Å². The van der Waals surface area contributed by atoms with Gasteiger partial charge in [0.15, 0.2) is 4.96 Å². The average Bonchev–Trinajstić information content (AvgIpc) is 3.48. The second-order valence-electron chi connectivity index (χ2n) is 7.64. The molecule has 0 aliphatic heterocycles. The zero-order valence-corrected chi connectivity index (χ0v) is 20.7. The second-order valence-corrected chi connectivity index (χ2v) is 10.3.